The molecule has 0 spiro atoms. The molecule has 0 aromatic rings. The molecule has 0 bridgehead atoms. The molecule has 0 aliphatic heterocycles. The molecule has 0 fully saturated rings. The third-order valence-electron chi connectivity index (χ3n) is 1.99. The van der Waals surface area contributed by atoms with Gasteiger partial charge in [0.1, 0.15) is 0 Å². The first kappa shape index (κ1) is 11.0. The third-order valence-corrected chi connectivity index (χ3v) is 4.57. The molecule has 0 heterocycles. The molecule has 1 nitrogen and oxygen atoms in total. The summed E-state index contributed by atoms with van der Waals surface area (Å²) in [6.07, 6.45) is 5.04. The van der Waals surface area contributed by atoms with Gasteiger partial charge in [-0.25, -0.2) is 5.26 Å². The summed E-state index contributed by atoms with van der Waals surface area (Å²) in [5, 5.41) is 11.3. The minimum Gasteiger partial charge on any atom is -0.225 e. The molecule has 0 aromatic carbocycles. The third kappa shape index (κ3) is 6.42. The zero-order valence-electron chi connectivity index (χ0n) is 7.77. The van der Waals surface area contributed by atoms with Gasteiger partial charge in [0.25, 0.3) is 0 Å². The second kappa shape index (κ2) is 8.12. The van der Waals surface area contributed by atoms with Crippen LogP contribution in [-0.2, 0) is 0 Å². The first-order valence-electron chi connectivity index (χ1n) is 4.74. The number of unbranched alkanes of at least 4 members (excludes halogenated alkanes) is 2. The molecule has 0 amide bonds. The van der Waals surface area contributed by atoms with E-state index in [1.807, 2.05) is 0 Å². The molecule has 0 N–H and O–H groups in total. The van der Waals surface area contributed by atoms with Crippen molar-refractivity contribution < 1.29 is 0 Å². The number of hydrogen-bond acceptors (Lipinski definition) is 1. The number of hydrogen-bond donors (Lipinski definition) is 0. The summed E-state index contributed by atoms with van der Waals surface area (Å²) >= 11 is -0.943. The standard InChI is InChI=1S/2C4H9.CN.Al/c2*1-3-4-2;1-2;/h2*1,3-4H2,2H3;;. The Bertz CT molecular complexity index is 109. The zero-order valence-corrected chi connectivity index (χ0v) is 8.92. The van der Waals surface area contributed by atoms with E-state index < -0.39 is 14.1 Å². The summed E-state index contributed by atoms with van der Waals surface area (Å²) in [5.74, 6) is 0. The first-order valence-corrected chi connectivity index (χ1v) is 6.95. The summed E-state index contributed by atoms with van der Waals surface area (Å²) in [4.78, 5) is 2.51. The number of nitriles is 1. The maximum atomic E-state index is 8.79. The average molecular weight is 167 g/mol. The summed E-state index contributed by atoms with van der Waals surface area (Å²) in [6, 6.07) is 0. The molecule has 0 unspecified atom stereocenters. The molecular formula is C9H18AlN. The molecule has 0 rings (SSSR count). The highest BCUT2D eigenvalue weighted by atomic mass is 27.2. The van der Waals surface area contributed by atoms with Crippen LogP contribution in [0.3, 0.4) is 0 Å². The highest BCUT2D eigenvalue weighted by Gasteiger charge is 2.15. The van der Waals surface area contributed by atoms with Crippen LogP contribution in [0, 0.1) is 10.2 Å². The minimum atomic E-state index is -0.943. The van der Waals surface area contributed by atoms with Crippen LogP contribution in [0.25, 0.3) is 0 Å². The normalized spacial score (nSPS) is 9.18. The molecule has 11 heavy (non-hydrogen) atoms. The van der Waals surface area contributed by atoms with Gasteiger partial charge in [0.2, 0.25) is 0 Å². The lowest BCUT2D eigenvalue weighted by Crippen LogP contribution is -2.08. The Hall–Kier alpha value is 0.0225. The summed E-state index contributed by atoms with van der Waals surface area (Å²) in [7, 11) is 0. The minimum absolute atomic E-state index is 0.943. The molecular weight excluding hydrogens is 149 g/mol. The van der Waals surface area contributed by atoms with Gasteiger partial charge >= 0.3 is 14.1 Å². The van der Waals surface area contributed by atoms with Crippen molar-refractivity contribution in [3.63, 3.8) is 0 Å². The predicted octanol–water partition coefficient (Wildman–Crippen LogP) is 3.14. The van der Waals surface area contributed by atoms with Gasteiger partial charge < -0.3 is 0 Å². The van der Waals surface area contributed by atoms with E-state index in [0.717, 1.165) is 0 Å². The molecule has 62 valence electrons. The molecule has 0 radical (unpaired) electrons. The maximum absolute atomic E-state index is 8.79. The smallest absolute Gasteiger partial charge is 0.225 e. The maximum Gasteiger partial charge on any atom is 0.422 e. The topological polar surface area (TPSA) is 23.8 Å². The lowest BCUT2D eigenvalue weighted by atomic mass is 10.4. The van der Waals surface area contributed by atoms with Gasteiger partial charge in [0.15, 0.2) is 0 Å². The van der Waals surface area contributed by atoms with Crippen molar-refractivity contribution >= 4 is 14.1 Å². The van der Waals surface area contributed by atoms with E-state index in [1.165, 1.54) is 36.2 Å². The van der Waals surface area contributed by atoms with Gasteiger partial charge in [0.05, 0.1) is 0 Å². The van der Waals surface area contributed by atoms with Crippen LogP contribution in [-0.4, -0.2) is 14.1 Å². The fourth-order valence-electron chi connectivity index (χ4n) is 1.17. The van der Waals surface area contributed by atoms with E-state index in [4.69, 9.17) is 5.26 Å². The van der Waals surface area contributed by atoms with Crippen LogP contribution >= 0.6 is 0 Å². The Morgan fingerprint density at radius 2 is 1.55 bits per heavy atom. The molecule has 0 saturated heterocycles. The quantitative estimate of drug-likeness (QED) is 0.557. The van der Waals surface area contributed by atoms with Crippen LogP contribution in [0.1, 0.15) is 39.5 Å². The lowest BCUT2D eigenvalue weighted by molar-refractivity contribution is 0.845. The zero-order chi connectivity index (χ0) is 8.53. The Morgan fingerprint density at radius 1 is 1.09 bits per heavy atom. The van der Waals surface area contributed by atoms with E-state index in [2.05, 4.69) is 18.8 Å². The molecule has 2 heteroatoms. The summed E-state index contributed by atoms with van der Waals surface area (Å²) in [6.45, 7) is 4.39. The Morgan fingerprint density at radius 3 is 1.82 bits per heavy atom. The molecule has 0 atom stereocenters. The molecule has 0 aliphatic carbocycles. The van der Waals surface area contributed by atoms with Crippen LogP contribution in [0.5, 0.6) is 0 Å². The van der Waals surface area contributed by atoms with Crippen LogP contribution in [0.15, 0.2) is 0 Å². The molecule has 0 aliphatic rings. The van der Waals surface area contributed by atoms with Gasteiger partial charge in [-0.3, -0.25) is 0 Å². The van der Waals surface area contributed by atoms with Gasteiger partial charge in [-0.2, -0.15) is 0 Å². The van der Waals surface area contributed by atoms with Crippen molar-refractivity contribution in [3.05, 3.63) is 0 Å². The van der Waals surface area contributed by atoms with Gasteiger partial charge in [0, 0.05) is 0 Å². The second-order valence-electron chi connectivity index (χ2n) is 3.11. The van der Waals surface area contributed by atoms with Crippen molar-refractivity contribution in [1.29, 1.82) is 5.26 Å². The van der Waals surface area contributed by atoms with Crippen molar-refractivity contribution in [2.75, 3.05) is 0 Å². The van der Waals surface area contributed by atoms with Gasteiger partial charge in [-0.05, 0) is 0 Å². The van der Waals surface area contributed by atoms with Crippen LogP contribution < -0.4 is 0 Å². The second-order valence-corrected chi connectivity index (χ2v) is 5.92. The highest BCUT2D eigenvalue weighted by Crippen LogP contribution is 2.08. The number of rotatable bonds is 6. The van der Waals surface area contributed by atoms with Crippen molar-refractivity contribution in [3.8, 4) is 4.93 Å². The van der Waals surface area contributed by atoms with Gasteiger partial charge in [-0.15, -0.1) is 0 Å². The van der Waals surface area contributed by atoms with E-state index in [1.54, 1.807) is 0 Å². The van der Waals surface area contributed by atoms with Gasteiger partial charge in [-0.1, -0.05) is 55.0 Å². The number of nitrogens with zero attached hydrogens (tertiary/aromatic N) is 1. The Balaban J connectivity index is 3.35. The van der Waals surface area contributed by atoms with E-state index >= 15 is 0 Å². The van der Waals surface area contributed by atoms with E-state index in [-0.39, 0.29) is 0 Å². The molecule has 0 aromatic heterocycles. The highest BCUT2D eigenvalue weighted by molar-refractivity contribution is 6.66. The van der Waals surface area contributed by atoms with Crippen LogP contribution in [0.4, 0.5) is 0 Å². The fraction of sp³-hybridized carbons (Fsp3) is 0.889. The lowest BCUT2D eigenvalue weighted by Gasteiger charge is -1.99. The largest absolute Gasteiger partial charge is 0.422 e. The average Bonchev–Trinajstić information content (AvgIpc) is 2.05. The fourth-order valence-corrected chi connectivity index (χ4v) is 3.52. The van der Waals surface area contributed by atoms with Crippen molar-refractivity contribution in [2.24, 2.45) is 0 Å². The Kier molecular flexibility index (Phi) is 8.14. The SMILES string of the molecule is CCC[CH2][Al]([C]#N)[CH2]CCC. The van der Waals surface area contributed by atoms with Crippen LogP contribution in [0.2, 0.25) is 10.6 Å². The van der Waals surface area contributed by atoms with E-state index in [0.29, 0.717) is 0 Å². The predicted molar refractivity (Wildman–Crippen MR) is 50.8 cm³/mol. The monoisotopic (exact) mass is 167 g/mol. The first-order chi connectivity index (χ1) is 5.35. The van der Waals surface area contributed by atoms with Crippen molar-refractivity contribution in [1.82, 2.24) is 0 Å². The summed E-state index contributed by atoms with van der Waals surface area (Å²) < 4.78 is 0. The Labute approximate surface area is 74.8 Å². The summed E-state index contributed by atoms with van der Waals surface area (Å²) in [5.41, 5.74) is 0. The van der Waals surface area contributed by atoms with E-state index in [9.17, 15) is 0 Å². The molecule has 0 saturated carbocycles. The van der Waals surface area contributed by atoms with Crippen molar-refractivity contribution in [2.45, 2.75) is 50.1 Å².